The van der Waals surface area contributed by atoms with E-state index in [0.29, 0.717) is 16.5 Å². The monoisotopic (exact) mass is 349 g/mol. The molecular formula is C21H16ClNO2. The van der Waals surface area contributed by atoms with Crippen LogP contribution in [0.3, 0.4) is 0 Å². The van der Waals surface area contributed by atoms with Crippen molar-refractivity contribution in [1.29, 1.82) is 0 Å². The van der Waals surface area contributed by atoms with E-state index in [-0.39, 0.29) is 5.91 Å². The molecule has 124 valence electrons. The standard InChI is InChI=1S/C21H16ClNO2/c1-13-16(22)9-6-10-17(13)23-21(24)20-14-7-2-4-11-18(14)25-19-12-5-3-8-15(19)20/h2-12,20H,1H3,(H,23,24). The summed E-state index contributed by atoms with van der Waals surface area (Å²) in [5.74, 6) is 0.890. The lowest BCUT2D eigenvalue weighted by Gasteiger charge is -2.27. The van der Waals surface area contributed by atoms with E-state index in [2.05, 4.69) is 5.32 Å². The zero-order valence-corrected chi connectivity index (χ0v) is 14.4. The fourth-order valence-corrected chi connectivity index (χ4v) is 3.31. The van der Waals surface area contributed by atoms with Gasteiger partial charge in [0.15, 0.2) is 0 Å². The van der Waals surface area contributed by atoms with Gasteiger partial charge < -0.3 is 10.1 Å². The van der Waals surface area contributed by atoms with Crippen LogP contribution in [-0.2, 0) is 4.79 Å². The number of anilines is 1. The molecule has 3 aromatic rings. The summed E-state index contributed by atoms with van der Waals surface area (Å²) in [6, 6.07) is 20.8. The first-order valence-corrected chi connectivity index (χ1v) is 8.44. The lowest BCUT2D eigenvalue weighted by molar-refractivity contribution is -0.116. The molecule has 0 radical (unpaired) electrons. The number of benzene rings is 3. The molecule has 0 bridgehead atoms. The minimum atomic E-state index is -0.431. The van der Waals surface area contributed by atoms with Gasteiger partial charge in [-0.1, -0.05) is 54.1 Å². The molecule has 1 aliphatic heterocycles. The van der Waals surface area contributed by atoms with Gasteiger partial charge in [0.05, 0.1) is 5.92 Å². The number of hydrogen-bond acceptors (Lipinski definition) is 2. The number of nitrogens with one attached hydrogen (secondary N) is 1. The van der Waals surface area contributed by atoms with E-state index in [9.17, 15) is 4.79 Å². The quantitative estimate of drug-likeness (QED) is 0.661. The van der Waals surface area contributed by atoms with Gasteiger partial charge in [0.1, 0.15) is 11.5 Å². The van der Waals surface area contributed by atoms with E-state index in [1.165, 1.54) is 0 Å². The second-order valence-electron chi connectivity index (χ2n) is 6.01. The normalized spacial score (nSPS) is 12.7. The smallest absolute Gasteiger partial charge is 0.236 e. The summed E-state index contributed by atoms with van der Waals surface area (Å²) in [5, 5.41) is 3.65. The van der Waals surface area contributed by atoms with Crippen LogP contribution in [0, 0.1) is 6.92 Å². The van der Waals surface area contributed by atoms with Crippen LogP contribution in [0.2, 0.25) is 5.02 Å². The summed E-state index contributed by atoms with van der Waals surface area (Å²) < 4.78 is 5.95. The molecule has 3 aromatic carbocycles. The average molecular weight is 350 g/mol. The largest absolute Gasteiger partial charge is 0.457 e. The average Bonchev–Trinajstić information content (AvgIpc) is 2.63. The maximum absolute atomic E-state index is 13.1. The third-order valence-corrected chi connectivity index (χ3v) is 4.88. The Morgan fingerprint density at radius 3 is 2.16 bits per heavy atom. The molecule has 0 aliphatic carbocycles. The van der Waals surface area contributed by atoms with Crippen LogP contribution in [0.15, 0.2) is 66.7 Å². The topological polar surface area (TPSA) is 38.3 Å². The molecule has 0 atom stereocenters. The molecule has 0 spiro atoms. The van der Waals surface area contributed by atoms with Gasteiger partial charge in [-0.25, -0.2) is 0 Å². The van der Waals surface area contributed by atoms with Gasteiger partial charge in [-0.15, -0.1) is 0 Å². The van der Waals surface area contributed by atoms with Gasteiger partial charge in [-0.2, -0.15) is 0 Å². The molecule has 25 heavy (non-hydrogen) atoms. The second-order valence-corrected chi connectivity index (χ2v) is 6.42. The Labute approximate surface area is 151 Å². The Morgan fingerprint density at radius 2 is 1.52 bits per heavy atom. The van der Waals surface area contributed by atoms with Crippen LogP contribution in [0.25, 0.3) is 0 Å². The van der Waals surface area contributed by atoms with E-state index in [4.69, 9.17) is 16.3 Å². The fraction of sp³-hybridized carbons (Fsp3) is 0.0952. The van der Waals surface area contributed by atoms with Crippen LogP contribution < -0.4 is 10.1 Å². The fourth-order valence-electron chi connectivity index (χ4n) is 3.14. The molecule has 1 N–H and O–H groups in total. The van der Waals surface area contributed by atoms with Gasteiger partial charge in [-0.3, -0.25) is 4.79 Å². The Hall–Kier alpha value is -2.78. The minimum absolute atomic E-state index is 0.103. The second kappa shape index (κ2) is 6.26. The number of halogens is 1. The van der Waals surface area contributed by atoms with Crippen LogP contribution in [0.5, 0.6) is 11.5 Å². The highest BCUT2D eigenvalue weighted by atomic mass is 35.5. The summed E-state index contributed by atoms with van der Waals surface area (Å²) >= 11 is 6.17. The van der Waals surface area contributed by atoms with Gasteiger partial charge in [0, 0.05) is 21.8 Å². The third kappa shape index (κ3) is 2.77. The number of fused-ring (bicyclic) bond motifs is 2. The van der Waals surface area contributed by atoms with E-state index in [1.807, 2.05) is 73.7 Å². The zero-order valence-electron chi connectivity index (χ0n) is 13.6. The van der Waals surface area contributed by atoms with E-state index in [0.717, 1.165) is 22.4 Å². The summed E-state index contributed by atoms with van der Waals surface area (Å²) in [5.41, 5.74) is 3.29. The van der Waals surface area contributed by atoms with Crippen molar-refractivity contribution >= 4 is 23.2 Å². The highest BCUT2D eigenvalue weighted by molar-refractivity contribution is 6.31. The molecule has 0 fully saturated rings. The minimum Gasteiger partial charge on any atom is -0.457 e. The molecule has 1 aliphatic rings. The first kappa shape index (κ1) is 15.7. The first-order chi connectivity index (χ1) is 12.1. The van der Waals surface area contributed by atoms with Gasteiger partial charge in [0.2, 0.25) is 5.91 Å². The summed E-state index contributed by atoms with van der Waals surface area (Å²) in [4.78, 5) is 13.1. The number of para-hydroxylation sites is 2. The first-order valence-electron chi connectivity index (χ1n) is 8.07. The number of amides is 1. The van der Waals surface area contributed by atoms with Gasteiger partial charge >= 0.3 is 0 Å². The van der Waals surface area contributed by atoms with Crippen molar-refractivity contribution in [2.75, 3.05) is 5.32 Å². The Balaban J connectivity index is 1.77. The summed E-state index contributed by atoms with van der Waals surface area (Å²) in [7, 11) is 0. The van der Waals surface area contributed by atoms with Crippen molar-refractivity contribution in [3.05, 3.63) is 88.4 Å². The van der Waals surface area contributed by atoms with Crippen LogP contribution >= 0.6 is 11.6 Å². The molecular weight excluding hydrogens is 334 g/mol. The van der Waals surface area contributed by atoms with E-state index in [1.54, 1.807) is 0 Å². The van der Waals surface area contributed by atoms with Crippen LogP contribution in [-0.4, -0.2) is 5.91 Å². The lowest BCUT2D eigenvalue weighted by Crippen LogP contribution is -2.25. The van der Waals surface area contributed by atoms with Crippen molar-refractivity contribution in [1.82, 2.24) is 0 Å². The maximum Gasteiger partial charge on any atom is 0.236 e. The molecule has 0 aromatic heterocycles. The van der Waals surface area contributed by atoms with Crippen LogP contribution in [0.4, 0.5) is 5.69 Å². The van der Waals surface area contributed by atoms with Crippen LogP contribution in [0.1, 0.15) is 22.6 Å². The SMILES string of the molecule is Cc1c(Cl)cccc1NC(=O)C1c2ccccc2Oc2ccccc21. The predicted molar refractivity (Wildman–Crippen MR) is 99.6 cm³/mol. The van der Waals surface area contributed by atoms with Crippen molar-refractivity contribution in [2.45, 2.75) is 12.8 Å². The van der Waals surface area contributed by atoms with E-state index >= 15 is 0 Å². The summed E-state index contributed by atoms with van der Waals surface area (Å²) in [6.07, 6.45) is 0. The number of ether oxygens (including phenoxy) is 1. The molecule has 4 heteroatoms. The number of carbonyl (C=O) groups is 1. The highest BCUT2D eigenvalue weighted by Crippen LogP contribution is 2.44. The molecule has 3 nitrogen and oxygen atoms in total. The number of carbonyl (C=O) groups excluding carboxylic acids is 1. The van der Waals surface area contributed by atoms with Gasteiger partial charge in [-0.05, 0) is 36.8 Å². The maximum atomic E-state index is 13.1. The van der Waals surface area contributed by atoms with Crippen molar-refractivity contribution in [3.8, 4) is 11.5 Å². The molecule has 0 saturated heterocycles. The van der Waals surface area contributed by atoms with Gasteiger partial charge in [0.25, 0.3) is 0 Å². The van der Waals surface area contributed by atoms with Crippen molar-refractivity contribution in [3.63, 3.8) is 0 Å². The molecule has 1 amide bonds. The molecule has 1 heterocycles. The highest BCUT2D eigenvalue weighted by Gasteiger charge is 2.32. The Kier molecular flexibility index (Phi) is 3.94. The van der Waals surface area contributed by atoms with Crippen molar-refractivity contribution in [2.24, 2.45) is 0 Å². The van der Waals surface area contributed by atoms with Crippen molar-refractivity contribution < 1.29 is 9.53 Å². The predicted octanol–water partition coefficient (Wildman–Crippen LogP) is 5.52. The Bertz CT molecular complexity index is 922. The Morgan fingerprint density at radius 1 is 0.920 bits per heavy atom. The molecule has 0 saturated carbocycles. The molecule has 4 rings (SSSR count). The third-order valence-electron chi connectivity index (χ3n) is 4.47. The lowest BCUT2D eigenvalue weighted by atomic mass is 9.87. The number of rotatable bonds is 2. The zero-order chi connectivity index (χ0) is 17.4. The van der Waals surface area contributed by atoms with E-state index < -0.39 is 5.92 Å². The molecule has 0 unspecified atom stereocenters. The number of hydrogen-bond donors (Lipinski definition) is 1. The summed E-state index contributed by atoms with van der Waals surface area (Å²) in [6.45, 7) is 1.89.